The molecule has 0 aliphatic heterocycles. The summed E-state index contributed by atoms with van der Waals surface area (Å²) in [4.78, 5) is 34.6. The molecule has 0 saturated heterocycles. The van der Waals surface area contributed by atoms with Crippen LogP contribution < -0.4 is 4.90 Å². The van der Waals surface area contributed by atoms with E-state index >= 15 is 0 Å². The number of para-hydroxylation sites is 2. The number of fused-ring (bicyclic) bond motifs is 12. The Labute approximate surface area is 595 Å². The monoisotopic (exact) mass is 1320 g/mol. The van der Waals surface area contributed by atoms with Gasteiger partial charge in [-0.05, 0) is 147 Å². The molecule has 102 heavy (non-hydrogen) atoms. The number of hydrogen-bond acceptors (Lipinski definition) is 7. The first-order valence-electron chi connectivity index (χ1n) is 36.4. The molecule has 0 amide bonds. The molecule has 0 N–H and O–H groups in total. The van der Waals surface area contributed by atoms with Crippen molar-refractivity contribution in [3.8, 4) is 90.8 Å². The highest BCUT2D eigenvalue weighted by Gasteiger charge is 2.43. The van der Waals surface area contributed by atoms with Crippen LogP contribution in [0.1, 0.15) is 108 Å². The van der Waals surface area contributed by atoms with Crippen LogP contribution in [0.3, 0.4) is 0 Å². The number of anilines is 3. The Bertz CT molecular complexity index is 5800. The molecule has 12 aromatic carbocycles. The van der Waals surface area contributed by atoms with Crippen LogP contribution in [0.25, 0.3) is 134 Å². The third kappa shape index (κ3) is 10.6. The van der Waals surface area contributed by atoms with Gasteiger partial charge in [-0.25, -0.2) is 9.97 Å². The summed E-state index contributed by atoms with van der Waals surface area (Å²) in [5, 5.41) is 4.58. The number of rotatable bonds is 19. The highest BCUT2D eigenvalue weighted by atomic mass is 15.2. The zero-order valence-electron chi connectivity index (χ0n) is 58.0. The second-order valence-electron chi connectivity index (χ2n) is 28.2. The van der Waals surface area contributed by atoms with Gasteiger partial charge in [-0.15, -0.1) is 0 Å². The highest BCUT2D eigenvalue weighted by molar-refractivity contribution is 6.14. The predicted molar refractivity (Wildman–Crippen MR) is 420 cm³/mol. The number of nitrogens with zero attached hydrogens (tertiary/aromatic N) is 9. The van der Waals surface area contributed by atoms with Gasteiger partial charge < -0.3 is 4.90 Å². The lowest BCUT2D eigenvalue weighted by molar-refractivity contribution is 0.403. The maximum absolute atomic E-state index is 5.56. The number of benzene rings is 12. The summed E-state index contributed by atoms with van der Waals surface area (Å²) in [6.07, 6.45) is 10.8. The van der Waals surface area contributed by atoms with E-state index in [4.69, 9.17) is 29.9 Å². The summed E-state index contributed by atoms with van der Waals surface area (Å²) >= 11 is 0. The van der Waals surface area contributed by atoms with Gasteiger partial charge in [-0.1, -0.05) is 279 Å². The van der Waals surface area contributed by atoms with Crippen LogP contribution in [-0.2, 0) is 10.8 Å². The smallest absolute Gasteiger partial charge is 0.238 e. The normalized spacial score (nSPS) is 14.2. The molecule has 0 spiro atoms. The van der Waals surface area contributed by atoms with Crippen LogP contribution in [-0.4, -0.2) is 39.0 Å². The van der Waals surface area contributed by atoms with Gasteiger partial charge in [0.05, 0.1) is 22.1 Å². The minimum Gasteiger partial charge on any atom is -0.310 e. The molecule has 1 atom stereocenters. The zero-order chi connectivity index (χ0) is 68.5. The Morgan fingerprint density at radius 1 is 0.284 bits per heavy atom. The first kappa shape index (κ1) is 62.3. The van der Waals surface area contributed by atoms with Crippen molar-refractivity contribution in [1.82, 2.24) is 39.0 Å². The minimum absolute atomic E-state index is 0.0909. The van der Waals surface area contributed by atoms with E-state index in [0.717, 1.165) is 96.1 Å². The van der Waals surface area contributed by atoms with Crippen LogP contribution in [0, 0.1) is 0 Å². The van der Waals surface area contributed by atoms with E-state index in [9.17, 15) is 0 Å². The molecule has 494 valence electrons. The molecule has 4 heterocycles. The van der Waals surface area contributed by atoms with Crippen molar-refractivity contribution in [2.75, 3.05) is 4.90 Å². The van der Waals surface area contributed by atoms with Crippen LogP contribution in [0.2, 0.25) is 0 Å². The SMILES string of the molecule is CCCCCCC1(CCCCC)c2ccccc2-c2cc3c4ccccc4n(-c4nc(-c5ccccc5)nc(-c5cccc(-c6ccc(N(c7ccccc7)c7ccc8c(c7)c7cc9c(cc7n8-c7nc(-c8ccccc8)nc(-c8ccccc8)n7)C(C)(C)c7ccccc7-9)cc6)c5)n4)c3cc21. The lowest BCUT2D eigenvalue weighted by Gasteiger charge is -2.33. The summed E-state index contributed by atoms with van der Waals surface area (Å²) < 4.78 is 4.58. The summed E-state index contributed by atoms with van der Waals surface area (Å²) in [7, 11) is 0. The van der Waals surface area contributed by atoms with Gasteiger partial charge in [0.2, 0.25) is 11.9 Å². The maximum Gasteiger partial charge on any atom is 0.238 e. The minimum atomic E-state index is -0.241. The van der Waals surface area contributed by atoms with E-state index < -0.39 is 0 Å². The molecule has 1 unspecified atom stereocenters. The van der Waals surface area contributed by atoms with Gasteiger partial charge in [0.1, 0.15) is 0 Å². The number of unbranched alkanes of at least 4 members (excludes halogenated alkanes) is 5. The topological polar surface area (TPSA) is 90.4 Å². The largest absolute Gasteiger partial charge is 0.310 e. The van der Waals surface area contributed by atoms with E-state index in [1.54, 1.807) is 0 Å². The first-order chi connectivity index (χ1) is 50.2. The molecule has 0 radical (unpaired) electrons. The molecule has 0 saturated carbocycles. The predicted octanol–water partition coefficient (Wildman–Crippen LogP) is 24.2. The van der Waals surface area contributed by atoms with Gasteiger partial charge in [0.25, 0.3) is 0 Å². The second kappa shape index (κ2) is 25.7. The van der Waals surface area contributed by atoms with Crippen LogP contribution in [0.15, 0.2) is 285 Å². The van der Waals surface area contributed by atoms with E-state index in [0.29, 0.717) is 35.2 Å². The number of aromatic nitrogens is 8. The molecule has 9 heteroatoms. The lowest BCUT2D eigenvalue weighted by atomic mass is 9.70. The molecule has 2 aliphatic rings. The molecule has 2 aliphatic carbocycles. The second-order valence-corrected chi connectivity index (χ2v) is 28.2. The van der Waals surface area contributed by atoms with Crippen molar-refractivity contribution in [2.45, 2.75) is 96.3 Å². The summed E-state index contributed by atoms with van der Waals surface area (Å²) in [5.74, 6) is 3.60. The molecule has 4 aromatic heterocycles. The Hall–Kier alpha value is -11.9. The molecule has 0 fully saturated rings. The third-order valence-electron chi connectivity index (χ3n) is 21.8. The fourth-order valence-electron chi connectivity index (χ4n) is 16.8. The average Bonchev–Trinajstić information content (AvgIpc) is 1.55. The fourth-order valence-corrected chi connectivity index (χ4v) is 16.8. The van der Waals surface area contributed by atoms with Gasteiger partial charge in [-0.2, -0.15) is 19.9 Å². The Morgan fingerprint density at radius 3 is 1.34 bits per heavy atom. The molecule has 0 bridgehead atoms. The van der Waals surface area contributed by atoms with Crippen molar-refractivity contribution in [1.29, 1.82) is 0 Å². The van der Waals surface area contributed by atoms with Crippen LogP contribution >= 0.6 is 0 Å². The summed E-state index contributed by atoms with van der Waals surface area (Å²) in [5.41, 5.74) is 23.5. The Balaban J connectivity index is 0.754. The van der Waals surface area contributed by atoms with Gasteiger partial charge in [0, 0.05) is 71.7 Å². The van der Waals surface area contributed by atoms with Crippen molar-refractivity contribution >= 4 is 60.7 Å². The standard InChI is InChI=1S/C93H77N9/c1-5-7-9-29-54-93(53-28-8-6-2)79-45-26-23-42-71(79)74-58-76-72-43-24-27-46-82(72)101(85(76)60-81(74)93)91-98-88(64-35-18-12-19-36-64)95-89(99-91)66-38-30-37-65(55-66)61-47-49-68(50-48-61)100(67-39-20-13-21-40-67)69-51-52-83-75(56-69)77-57-73-70-41-22-25-44-78(70)92(3,4)80(73)59-84(77)102(83)90-96-86(62-31-14-10-15-32-62)94-87(97-90)63-33-16-11-17-34-63/h10-27,30-52,55-60H,5-9,28-29,53-54H2,1-4H3. The molecule has 16 aromatic rings. The van der Waals surface area contributed by atoms with Crippen molar-refractivity contribution < 1.29 is 0 Å². The van der Waals surface area contributed by atoms with E-state index in [1.807, 2.05) is 42.5 Å². The molecular formula is C93H77N9. The quantitative estimate of drug-likeness (QED) is 0.0745. The van der Waals surface area contributed by atoms with Gasteiger partial charge >= 0.3 is 0 Å². The molecule has 18 rings (SSSR count). The first-order valence-corrected chi connectivity index (χ1v) is 36.4. The van der Waals surface area contributed by atoms with Crippen LogP contribution in [0.4, 0.5) is 17.1 Å². The summed E-state index contributed by atoms with van der Waals surface area (Å²) in [6, 6.07) is 103. The van der Waals surface area contributed by atoms with Gasteiger partial charge in [-0.3, -0.25) is 9.13 Å². The van der Waals surface area contributed by atoms with Crippen molar-refractivity contribution in [3.05, 3.63) is 307 Å². The molecule has 9 nitrogen and oxygen atoms in total. The Morgan fingerprint density at radius 2 is 0.725 bits per heavy atom. The third-order valence-corrected chi connectivity index (χ3v) is 21.8. The number of hydrogen-bond donors (Lipinski definition) is 0. The van der Waals surface area contributed by atoms with Gasteiger partial charge in [0.15, 0.2) is 23.3 Å². The van der Waals surface area contributed by atoms with E-state index in [2.05, 4.69) is 284 Å². The van der Waals surface area contributed by atoms with Crippen molar-refractivity contribution in [3.63, 3.8) is 0 Å². The maximum atomic E-state index is 5.56. The van der Waals surface area contributed by atoms with E-state index in [1.165, 1.54) is 100 Å². The Kier molecular flexibility index (Phi) is 15.7. The zero-order valence-corrected chi connectivity index (χ0v) is 58.0. The van der Waals surface area contributed by atoms with Crippen LogP contribution in [0.5, 0.6) is 0 Å². The highest BCUT2D eigenvalue weighted by Crippen LogP contribution is 2.57. The fraction of sp³-hybridized carbons (Fsp3) is 0.161. The average molecular weight is 1320 g/mol. The van der Waals surface area contributed by atoms with E-state index in [-0.39, 0.29) is 10.8 Å². The lowest BCUT2D eigenvalue weighted by Crippen LogP contribution is -2.25. The molecular weight excluding hydrogens is 1240 g/mol. The summed E-state index contributed by atoms with van der Waals surface area (Å²) in [6.45, 7) is 9.32. The van der Waals surface area contributed by atoms with Crippen molar-refractivity contribution in [2.24, 2.45) is 0 Å².